The highest BCUT2D eigenvalue weighted by molar-refractivity contribution is 7.98. The van der Waals surface area contributed by atoms with E-state index in [4.69, 9.17) is 9.52 Å². The Hall–Kier alpha value is -1.63. The zero-order chi connectivity index (χ0) is 15.7. The number of furan rings is 1. The Morgan fingerprint density at radius 2 is 2.14 bits per heavy atom. The summed E-state index contributed by atoms with van der Waals surface area (Å²) < 4.78 is 5.22. The molecule has 0 spiro atoms. The van der Waals surface area contributed by atoms with Crippen LogP contribution in [0, 0.1) is 0 Å². The van der Waals surface area contributed by atoms with E-state index < -0.39 is 18.0 Å². The van der Waals surface area contributed by atoms with Gasteiger partial charge < -0.3 is 20.2 Å². The van der Waals surface area contributed by atoms with Crippen molar-refractivity contribution in [2.45, 2.75) is 38.3 Å². The van der Waals surface area contributed by atoms with E-state index in [1.54, 1.807) is 18.0 Å². The molecule has 0 bridgehead atoms. The monoisotopic (exact) mass is 314 g/mol. The van der Waals surface area contributed by atoms with Gasteiger partial charge in [0, 0.05) is 12.5 Å². The summed E-state index contributed by atoms with van der Waals surface area (Å²) in [6.45, 7) is 1.88. The zero-order valence-electron chi connectivity index (χ0n) is 12.3. The summed E-state index contributed by atoms with van der Waals surface area (Å²) in [4.78, 5) is 22.8. The first-order valence-corrected chi connectivity index (χ1v) is 8.23. The molecule has 0 saturated heterocycles. The predicted octanol–water partition coefficient (Wildman–Crippen LogP) is 2.11. The number of carboxylic acids is 1. The fraction of sp³-hybridized carbons (Fsp3) is 0.571. The molecule has 21 heavy (non-hydrogen) atoms. The van der Waals surface area contributed by atoms with E-state index in [0.29, 0.717) is 12.2 Å². The highest BCUT2D eigenvalue weighted by atomic mass is 32.2. The smallest absolute Gasteiger partial charge is 0.326 e. The highest BCUT2D eigenvalue weighted by Crippen LogP contribution is 2.06. The lowest BCUT2D eigenvalue weighted by atomic mass is 10.1. The Labute approximate surface area is 128 Å². The molecule has 1 aromatic heterocycles. The predicted molar refractivity (Wildman–Crippen MR) is 82.6 cm³/mol. The third kappa shape index (κ3) is 7.08. The molecular formula is C14H22N2O4S. The van der Waals surface area contributed by atoms with Crippen molar-refractivity contribution in [3.63, 3.8) is 0 Å². The topological polar surface area (TPSA) is 91.6 Å². The normalized spacial score (nSPS) is 13.4. The molecular weight excluding hydrogens is 292 g/mol. The number of carbonyl (C=O) groups excluding carboxylic acids is 1. The number of carbonyl (C=O) groups is 2. The molecule has 0 aromatic carbocycles. The van der Waals surface area contributed by atoms with Crippen LogP contribution >= 0.6 is 11.8 Å². The van der Waals surface area contributed by atoms with Crippen molar-refractivity contribution in [2.75, 3.05) is 12.0 Å². The lowest BCUT2D eigenvalue weighted by Crippen LogP contribution is -2.48. The largest absolute Gasteiger partial charge is 0.480 e. The Balaban J connectivity index is 2.31. The summed E-state index contributed by atoms with van der Waals surface area (Å²) in [7, 11) is 0. The van der Waals surface area contributed by atoms with Crippen LogP contribution in [-0.2, 0) is 11.2 Å². The van der Waals surface area contributed by atoms with Crippen molar-refractivity contribution >= 4 is 23.8 Å². The minimum atomic E-state index is -1.01. The van der Waals surface area contributed by atoms with Gasteiger partial charge in [0.15, 0.2) is 0 Å². The molecule has 3 N–H and O–H groups in total. The van der Waals surface area contributed by atoms with Crippen LogP contribution in [0.25, 0.3) is 0 Å². The van der Waals surface area contributed by atoms with Crippen molar-refractivity contribution in [3.05, 3.63) is 24.2 Å². The van der Waals surface area contributed by atoms with Crippen LogP contribution in [0.4, 0.5) is 4.79 Å². The van der Waals surface area contributed by atoms with E-state index in [-0.39, 0.29) is 6.04 Å². The minimum absolute atomic E-state index is 0.0647. The number of hydrogen-bond donors (Lipinski definition) is 3. The van der Waals surface area contributed by atoms with Gasteiger partial charge in [-0.25, -0.2) is 9.59 Å². The SMILES string of the molecule is CSCCC(NC(=O)NC(C)CCc1ccco1)C(=O)O. The lowest BCUT2D eigenvalue weighted by Gasteiger charge is -2.18. The standard InChI is InChI=1S/C14H22N2O4S/c1-10(5-6-11-4-3-8-20-11)15-14(19)16-12(13(17)18)7-9-21-2/h3-4,8,10,12H,5-7,9H2,1-2H3,(H,17,18)(H2,15,16,19). The van der Waals surface area contributed by atoms with Crippen LogP contribution in [0.1, 0.15) is 25.5 Å². The first kappa shape index (κ1) is 17.4. The van der Waals surface area contributed by atoms with Gasteiger partial charge in [-0.15, -0.1) is 0 Å². The van der Waals surface area contributed by atoms with Crippen molar-refractivity contribution in [1.29, 1.82) is 0 Å². The first-order valence-electron chi connectivity index (χ1n) is 6.84. The second-order valence-corrected chi connectivity index (χ2v) is 5.79. The van der Waals surface area contributed by atoms with Crippen LogP contribution in [0.2, 0.25) is 0 Å². The van der Waals surface area contributed by atoms with Crippen molar-refractivity contribution < 1.29 is 19.1 Å². The molecule has 1 heterocycles. The molecule has 1 aromatic rings. The van der Waals surface area contributed by atoms with E-state index in [1.807, 2.05) is 25.3 Å². The summed E-state index contributed by atoms with van der Waals surface area (Å²) in [5, 5.41) is 14.3. The maximum absolute atomic E-state index is 11.8. The van der Waals surface area contributed by atoms with Crippen molar-refractivity contribution in [1.82, 2.24) is 10.6 Å². The van der Waals surface area contributed by atoms with E-state index in [9.17, 15) is 9.59 Å². The van der Waals surface area contributed by atoms with Crippen molar-refractivity contribution in [3.8, 4) is 0 Å². The zero-order valence-corrected chi connectivity index (χ0v) is 13.1. The number of carboxylic acid groups (broad SMARTS) is 1. The van der Waals surface area contributed by atoms with Crippen LogP contribution in [-0.4, -0.2) is 41.2 Å². The summed E-state index contributed by atoms with van der Waals surface area (Å²) in [6.07, 6.45) is 5.37. The second kappa shape index (κ2) is 9.33. The number of thioether (sulfide) groups is 1. The molecule has 2 unspecified atom stereocenters. The molecule has 2 amide bonds. The molecule has 0 fully saturated rings. The van der Waals surface area contributed by atoms with Gasteiger partial charge in [-0.3, -0.25) is 0 Å². The molecule has 0 saturated carbocycles. The molecule has 1 rings (SSSR count). The van der Waals surface area contributed by atoms with Gasteiger partial charge in [0.2, 0.25) is 0 Å². The van der Waals surface area contributed by atoms with E-state index in [2.05, 4.69) is 10.6 Å². The number of amides is 2. The second-order valence-electron chi connectivity index (χ2n) is 4.81. The molecule has 7 heteroatoms. The summed E-state index contributed by atoms with van der Waals surface area (Å²) in [5.74, 6) is 0.542. The Bertz CT molecular complexity index is 436. The molecule has 0 aliphatic rings. The van der Waals surface area contributed by atoms with Gasteiger partial charge in [0.25, 0.3) is 0 Å². The van der Waals surface area contributed by atoms with Crippen LogP contribution in [0.5, 0.6) is 0 Å². The van der Waals surface area contributed by atoms with Gasteiger partial charge >= 0.3 is 12.0 Å². The van der Waals surface area contributed by atoms with Gasteiger partial charge in [-0.05, 0) is 43.9 Å². The fourth-order valence-electron chi connectivity index (χ4n) is 1.80. The summed E-state index contributed by atoms with van der Waals surface area (Å²) >= 11 is 1.55. The molecule has 0 radical (unpaired) electrons. The van der Waals surface area contributed by atoms with Gasteiger partial charge in [-0.1, -0.05) is 0 Å². The third-order valence-corrected chi connectivity index (χ3v) is 3.64. The molecule has 2 atom stereocenters. The van der Waals surface area contributed by atoms with Crippen molar-refractivity contribution in [2.24, 2.45) is 0 Å². The van der Waals surface area contributed by atoms with E-state index in [1.165, 1.54) is 0 Å². The van der Waals surface area contributed by atoms with E-state index in [0.717, 1.165) is 18.6 Å². The number of hydrogen-bond acceptors (Lipinski definition) is 4. The van der Waals surface area contributed by atoms with Gasteiger partial charge in [0.1, 0.15) is 11.8 Å². The average molecular weight is 314 g/mol. The molecule has 0 aliphatic carbocycles. The van der Waals surface area contributed by atoms with Gasteiger partial charge in [0.05, 0.1) is 6.26 Å². The molecule has 6 nitrogen and oxygen atoms in total. The van der Waals surface area contributed by atoms with E-state index >= 15 is 0 Å². The lowest BCUT2D eigenvalue weighted by molar-refractivity contribution is -0.139. The number of aliphatic carboxylic acids is 1. The summed E-state index contributed by atoms with van der Waals surface area (Å²) in [5.41, 5.74) is 0. The molecule has 118 valence electrons. The fourth-order valence-corrected chi connectivity index (χ4v) is 2.27. The maximum atomic E-state index is 11.8. The number of rotatable bonds is 9. The number of aryl methyl sites for hydroxylation is 1. The quantitative estimate of drug-likeness (QED) is 0.649. The Morgan fingerprint density at radius 1 is 1.38 bits per heavy atom. The Kier molecular flexibility index (Phi) is 7.74. The van der Waals surface area contributed by atoms with Gasteiger partial charge in [-0.2, -0.15) is 11.8 Å². The maximum Gasteiger partial charge on any atom is 0.326 e. The minimum Gasteiger partial charge on any atom is -0.480 e. The third-order valence-electron chi connectivity index (χ3n) is 3.00. The summed E-state index contributed by atoms with van der Waals surface area (Å²) in [6, 6.07) is 2.34. The highest BCUT2D eigenvalue weighted by Gasteiger charge is 2.20. The first-order chi connectivity index (χ1) is 10.0. The van der Waals surface area contributed by atoms with Crippen LogP contribution < -0.4 is 10.6 Å². The average Bonchev–Trinajstić information content (AvgIpc) is 2.94. The number of nitrogens with one attached hydrogen (secondary N) is 2. The molecule has 0 aliphatic heterocycles. The van der Waals surface area contributed by atoms with Crippen LogP contribution in [0.15, 0.2) is 22.8 Å². The number of urea groups is 1. The Morgan fingerprint density at radius 3 is 2.71 bits per heavy atom. The van der Waals surface area contributed by atoms with Crippen LogP contribution in [0.3, 0.4) is 0 Å².